The normalized spacial score (nSPS) is 11.4. The van der Waals surface area contributed by atoms with E-state index in [9.17, 15) is 0 Å². The van der Waals surface area contributed by atoms with Crippen LogP contribution in [0, 0.1) is 0 Å². The SMILES string of the molecule is [Sn][c]1ccc2cc3ccc4ccccc4c3cc2c1. The van der Waals surface area contributed by atoms with Crippen LogP contribution in [0.1, 0.15) is 0 Å². The summed E-state index contributed by atoms with van der Waals surface area (Å²) in [4.78, 5) is 0. The van der Waals surface area contributed by atoms with E-state index in [-0.39, 0.29) is 0 Å². The third kappa shape index (κ3) is 1.82. The van der Waals surface area contributed by atoms with Crippen LogP contribution in [0.3, 0.4) is 0 Å². The molecule has 87 valence electrons. The molecule has 0 aliphatic carbocycles. The Hall–Kier alpha value is -1.54. The first-order chi connectivity index (χ1) is 9.31. The molecule has 4 aromatic rings. The summed E-state index contributed by atoms with van der Waals surface area (Å²) in [6.45, 7) is 0. The maximum atomic E-state index is 2.33. The molecule has 0 heterocycles. The Morgan fingerprint density at radius 3 is 2.26 bits per heavy atom. The van der Waals surface area contributed by atoms with Crippen molar-refractivity contribution in [3.05, 3.63) is 66.7 Å². The molecule has 0 aliphatic rings. The Morgan fingerprint density at radius 1 is 0.526 bits per heavy atom. The molecule has 1 heteroatoms. The molecule has 0 spiro atoms. The van der Waals surface area contributed by atoms with Gasteiger partial charge in [0.05, 0.1) is 0 Å². The van der Waals surface area contributed by atoms with E-state index in [0.29, 0.717) is 0 Å². The van der Waals surface area contributed by atoms with Gasteiger partial charge in [0, 0.05) is 0 Å². The van der Waals surface area contributed by atoms with E-state index in [2.05, 4.69) is 66.7 Å². The van der Waals surface area contributed by atoms with Gasteiger partial charge >= 0.3 is 125 Å². The van der Waals surface area contributed by atoms with Gasteiger partial charge < -0.3 is 0 Å². The molecule has 3 radical (unpaired) electrons. The van der Waals surface area contributed by atoms with Crippen LogP contribution >= 0.6 is 0 Å². The molecule has 0 aliphatic heterocycles. The summed E-state index contributed by atoms with van der Waals surface area (Å²) in [6.07, 6.45) is 0. The van der Waals surface area contributed by atoms with Gasteiger partial charge in [-0.3, -0.25) is 0 Å². The Bertz CT molecular complexity index is 922. The Balaban J connectivity index is 2.23. The van der Waals surface area contributed by atoms with Crippen LogP contribution in [0.5, 0.6) is 0 Å². The van der Waals surface area contributed by atoms with Crippen LogP contribution in [0.2, 0.25) is 0 Å². The van der Waals surface area contributed by atoms with Gasteiger partial charge in [0.25, 0.3) is 0 Å². The van der Waals surface area contributed by atoms with Gasteiger partial charge in [0.1, 0.15) is 0 Å². The number of benzene rings is 4. The Labute approximate surface area is 125 Å². The fourth-order valence-electron chi connectivity index (χ4n) is 2.75. The molecule has 0 saturated carbocycles. The monoisotopic (exact) mass is 347 g/mol. The second kappa shape index (κ2) is 4.24. The summed E-state index contributed by atoms with van der Waals surface area (Å²) in [5.41, 5.74) is 0. The topological polar surface area (TPSA) is 0 Å². The second-order valence-electron chi connectivity index (χ2n) is 4.92. The fourth-order valence-corrected chi connectivity index (χ4v) is 3.44. The quantitative estimate of drug-likeness (QED) is 0.257. The fraction of sp³-hybridized carbons (Fsp3) is 0. The molecule has 0 aromatic heterocycles. The van der Waals surface area contributed by atoms with E-state index in [1.807, 2.05) is 0 Å². The van der Waals surface area contributed by atoms with E-state index in [4.69, 9.17) is 0 Å². The predicted octanol–water partition coefficient (Wildman–Crippen LogP) is 3.94. The molecule has 0 unspecified atom stereocenters. The van der Waals surface area contributed by atoms with Crippen LogP contribution in [-0.2, 0) is 0 Å². The van der Waals surface area contributed by atoms with Crippen LogP contribution in [0.4, 0.5) is 0 Å². The number of hydrogen-bond acceptors (Lipinski definition) is 0. The van der Waals surface area contributed by atoms with Gasteiger partial charge in [0.15, 0.2) is 0 Å². The summed E-state index contributed by atoms with van der Waals surface area (Å²) in [6, 6.07) is 24.4. The third-order valence-corrected chi connectivity index (χ3v) is 4.59. The summed E-state index contributed by atoms with van der Waals surface area (Å²) in [5, 5.41) is 8.01. The van der Waals surface area contributed by atoms with Crippen LogP contribution in [0.15, 0.2) is 66.7 Å². The minimum atomic E-state index is 1.31. The van der Waals surface area contributed by atoms with Crippen molar-refractivity contribution in [3.8, 4) is 0 Å². The van der Waals surface area contributed by atoms with Gasteiger partial charge in [-0.05, 0) is 0 Å². The molecule has 19 heavy (non-hydrogen) atoms. The summed E-state index contributed by atoms with van der Waals surface area (Å²) in [5.74, 6) is 0. The maximum absolute atomic E-state index is 2.33. The molecule has 0 saturated heterocycles. The first kappa shape index (κ1) is 11.3. The van der Waals surface area contributed by atoms with Crippen LogP contribution < -0.4 is 3.58 Å². The number of hydrogen-bond donors (Lipinski definition) is 0. The number of rotatable bonds is 0. The molecule has 0 amide bonds. The van der Waals surface area contributed by atoms with E-state index in [0.717, 1.165) is 0 Å². The molecular weight excluding hydrogens is 335 g/mol. The van der Waals surface area contributed by atoms with Crippen molar-refractivity contribution in [2.45, 2.75) is 0 Å². The van der Waals surface area contributed by atoms with E-state index >= 15 is 0 Å². The molecule has 0 N–H and O–H groups in total. The molecular formula is C18H11Sn. The van der Waals surface area contributed by atoms with E-state index in [1.54, 1.807) is 0 Å². The van der Waals surface area contributed by atoms with Crippen molar-refractivity contribution in [2.75, 3.05) is 0 Å². The molecule has 0 fully saturated rings. The van der Waals surface area contributed by atoms with Gasteiger partial charge in [-0.1, -0.05) is 0 Å². The third-order valence-electron chi connectivity index (χ3n) is 3.70. The molecule has 4 aromatic carbocycles. The minimum absolute atomic E-state index is 1.31. The van der Waals surface area contributed by atoms with Crippen LogP contribution in [0.25, 0.3) is 32.3 Å². The van der Waals surface area contributed by atoms with E-state index in [1.165, 1.54) is 58.4 Å². The van der Waals surface area contributed by atoms with Crippen molar-refractivity contribution >= 4 is 58.4 Å². The Morgan fingerprint density at radius 2 is 1.32 bits per heavy atom. The molecule has 0 atom stereocenters. The van der Waals surface area contributed by atoms with Crippen LogP contribution in [-0.4, -0.2) is 22.5 Å². The Kier molecular flexibility index (Phi) is 2.52. The van der Waals surface area contributed by atoms with Crippen molar-refractivity contribution < 1.29 is 0 Å². The van der Waals surface area contributed by atoms with E-state index < -0.39 is 0 Å². The molecule has 0 bridgehead atoms. The first-order valence-corrected chi connectivity index (χ1v) is 7.81. The zero-order valence-electron chi connectivity index (χ0n) is 10.4. The predicted molar refractivity (Wildman–Crippen MR) is 84.3 cm³/mol. The van der Waals surface area contributed by atoms with Crippen molar-refractivity contribution in [1.82, 2.24) is 0 Å². The summed E-state index contributed by atoms with van der Waals surface area (Å²) in [7, 11) is 0. The van der Waals surface area contributed by atoms with Gasteiger partial charge in [0.2, 0.25) is 0 Å². The average molecular weight is 346 g/mol. The standard InChI is InChI=1S/C18H11.Sn/c1-2-7-15-12-18-16(11-14(15)6-1)10-9-13-5-3-4-8-17(13)18;/h1,3-12H;. The second-order valence-corrected chi connectivity index (χ2v) is 6.57. The average Bonchev–Trinajstić information content (AvgIpc) is 2.45. The first-order valence-electron chi connectivity index (χ1n) is 6.38. The van der Waals surface area contributed by atoms with Gasteiger partial charge in [-0.25, -0.2) is 0 Å². The van der Waals surface area contributed by atoms with Gasteiger partial charge in [-0.2, -0.15) is 0 Å². The zero-order valence-corrected chi connectivity index (χ0v) is 13.2. The van der Waals surface area contributed by atoms with Crippen molar-refractivity contribution in [1.29, 1.82) is 0 Å². The zero-order chi connectivity index (χ0) is 12.8. The van der Waals surface area contributed by atoms with Crippen molar-refractivity contribution in [2.24, 2.45) is 0 Å². The molecule has 4 rings (SSSR count). The van der Waals surface area contributed by atoms with Crippen molar-refractivity contribution in [3.63, 3.8) is 0 Å². The summed E-state index contributed by atoms with van der Waals surface area (Å²) >= 11 is 1.47. The molecule has 0 nitrogen and oxygen atoms in total. The number of fused-ring (bicyclic) bond motifs is 4. The summed E-state index contributed by atoms with van der Waals surface area (Å²) < 4.78 is 1.40. The van der Waals surface area contributed by atoms with Gasteiger partial charge in [-0.15, -0.1) is 0 Å².